The maximum Gasteiger partial charge on any atom is 0.163 e. The first-order valence-corrected chi connectivity index (χ1v) is 5.95. The molecule has 0 heterocycles. The number of Topliss-reactive ketones (excluding diaryl/α,β-unsaturated/α-hetero) is 1. The molecule has 17 heavy (non-hydrogen) atoms. The SMILES string of the molecule is O=C1CC2CC=C(O)C=C2Cc2ccccc21. The molecule has 1 atom stereocenters. The quantitative estimate of drug-likeness (QED) is 0.737. The number of allylic oxidation sites excluding steroid dienone is 3. The van der Waals surface area contributed by atoms with Crippen molar-refractivity contribution in [3.05, 3.63) is 58.9 Å². The van der Waals surface area contributed by atoms with Crippen LogP contribution in [-0.4, -0.2) is 10.9 Å². The van der Waals surface area contributed by atoms with Crippen LogP contribution in [0.25, 0.3) is 0 Å². The summed E-state index contributed by atoms with van der Waals surface area (Å²) in [5.41, 5.74) is 3.12. The van der Waals surface area contributed by atoms with E-state index in [1.54, 1.807) is 6.08 Å². The summed E-state index contributed by atoms with van der Waals surface area (Å²) in [6, 6.07) is 7.79. The molecule has 0 bridgehead atoms. The van der Waals surface area contributed by atoms with Gasteiger partial charge >= 0.3 is 0 Å². The summed E-state index contributed by atoms with van der Waals surface area (Å²) in [7, 11) is 0. The molecule has 0 fully saturated rings. The van der Waals surface area contributed by atoms with Gasteiger partial charge in [-0.2, -0.15) is 0 Å². The van der Waals surface area contributed by atoms with E-state index in [0.717, 1.165) is 24.0 Å². The molecule has 0 radical (unpaired) electrons. The number of hydrogen-bond acceptors (Lipinski definition) is 2. The lowest BCUT2D eigenvalue weighted by atomic mass is 9.86. The van der Waals surface area contributed by atoms with Crippen LogP contribution in [0.3, 0.4) is 0 Å². The third-order valence-corrected chi connectivity index (χ3v) is 3.61. The highest BCUT2D eigenvalue weighted by Gasteiger charge is 2.26. The fourth-order valence-electron chi connectivity index (χ4n) is 2.69. The van der Waals surface area contributed by atoms with Crippen LogP contribution in [-0.2, 0) is 6.42 Å². The number of carbonyl (C=O) groups is 1. The molecule has 3 rings (SSSR count). The molecule has 2 heteroatoms. The van der Waals surface area contributed by atoms with E-state index in [1.807, 2.05) is 30.3 Å². The monoisotopic (exact) mass is 226 g/mol. The molecule has 1 unspecified atom stereocenters. The number of rotatable bonds is 0. The third-order valence-electron chi connectivity index (χ3n) is 3.61. The Morgan fingerprint density at radius 2 is 2.06 bits per heavy atom. The van der Waals surface area contributed by atoms with Gasteiger partial charge in [-0.3, -0.25) is 4.79 Å². The molecule has 86 valence electrons. The summed E-state index contributed by atoms with van der Waals surface area (Å²) >= 11 is 0. The van der Waals surface area contributed by atoms with Gasteiger partial charge in [0, 0.05) is 12.0 Å². The van der Waals surface area contributed by atoms with Crippen molar-refractivity contribution in [2.45, 2.75) is 19.3 Å². The fourth-order valence-corrected chi connectivity index (χ4v) is 2.69. The Labute approximate surface area is 100 Å². The van der Waals surface area contributed by atoms with Gasteiger partial charge in [0.1, 0.15) is 5.76 Å². The molecule has 2 nitrogen and oxygen atoms in total. The van der Waals surface area contributed by atoms with Gasteiger partial charge in [0.25, 0.3) is 0 Å². The van der Waals surface area contributed by atoms with Crippen molar-refractivity contribution >= 4 is 5.78 Å². The van der Waals surface area contributed by atoms with Gasteiger partial charge in [-0.15, -0.1) is 0 Å². The lowest BCUT2D eigenvalue weighted by Crippen LogP contribution is -2.11. The lowest BCUT2D eigenvalue weighted by Gasteiger charge is -2.19. The second kappa shape index (κ2) is 3.88. The van der Waals surface area contributed by atoms with E-state index < -0.39 is 0 Å². The van der Waals surface area contributed by atoms with E-state index in [9.17, 15) is 9.90 Å². The van der Waals surface area contributed by atoms with Crippen LogP contribution in [0.1, 0.15) is 28.8 Å². The van der Waals surface area contributed by atoms with E-state index >= 15 is 0 Å². The summed E-state index contributed by atoms with van der Waals surface area (Å²) in [6.45, 7) is 0. The summed E-state index contributed by atoms with van der Waals surface area (Å²) < 4.78 is 0. The average Bonchev–Trinajstić information content (AvgIpc) is 2.46. The minimum atomic E-state index is 0.226. The largest absolute Gasteiger partial charge is 0.508 e. The second-order valence-electron chi connectivity index (χ2n) is 4.74. The Bertz CT molecular complexity index is 538. The summed E-state index contributed by atoms with van der Waals surface area (Å²) in [6.07, 6.45) is 5.75. The minimum Gasteiger partial charge on any atom is -0.508 e. The highest BCUT2D eigenvalue weighted by atomic mass is 16.3. The van der Waals surface area contributed by atoms with Crippen LogP contribution in [0.4, 0.5) is 0 Å². The molecule has 1 aromatic rings. The molecule has 1 aromatic carbocycles. The first kappa shape index (κ1) is 10.3. The van der Waals surface area contributed by atoms with Crippen LogP contribution in [0.5, 0.6) is 0 Å². The van der Waals surface area contributed by atoms with Gasteiger partial charge in [-0.25, -0.2) is 0 Å². The molecular weight excluding hydrogens is 212 g/mol. The normalized spacial score (nSPS) is 23.1. The van der Waals surface area contributed by atoms with E-state index in [-0.39, 0.29) is 11.7 Å². The second-order valence-corrected chi connectivity index (χ2v) is 4.74. The van der Waals surface area contributed by atoms with Crippen molar-refractivity contribution in [2.24, 2.45) is 5.92 Å². The summed E-state index contributed by atoms with van der Waals surface area (Å²) in [5.74, 6) is 0.831. The topological polar surface area (TPSA) is 37.3 Å². The van der Waals surface area contributed by atoms with Gasteiger partial charge in [0.2, 0.25) is 0 Å². The predicted molar refractivity (Wildman–Crippen MR) is 66.0 cm³/mol. The van der Waals surface area contributed by atoms with Crippen LogP contribution in [0.15, 0.2) is 47.7 Å². The Morgan fingerprint density at radius 3 is 2.94 bits per heavy atom. The molecule has 1 N–H and O–H groups in total. The number of ketones is 1. The van der Waals surface area contributed by atoms with Crippen molar-refractivity contribution in [1.82, 2.24) is 0 Å². The molecule has 2 aliphatic rings. The van der Waals surface area contributed by atoms with E-state index in [0.29, 0.717) is 12.2 Å². The van der Waals surface area contributed by atoms with Gasteiger partial charge in [-0.1, -0.05) is 29.8 Å². The molecule has 0 aromatic heterocycles. The number of hydrogen-bond donors (Lipinski definition) is 1. The number of fused-ring (bicyclic) bond motifs is 2. The molecule has 0 spiro atoms. The Balaban J connectivity index is 2.06. The van der Waals surface area contributed by atoms with Gasteiger partial charge in [-0.05, 0) is 36.5 Å². The minimum absolute atomic E-state index is 0.226. The van der Waals surface area contributed by atoms with Gasteiger partial charge in [0.05, 0.1) is 0 Å². The smallest absolute Gasteiger partial charge is 0.163 e. The van der Waals surface area contributed by atoms with E-state index in [1.165, 1.54) is 5.57 Å². The number of carbonyl (C=O) groups excluding carboxylic acids is 1. The standard InChI is InChI=1S/C15H14O2/c16-13-6-5-10-9-15(17)14-4-2-1-3-11(14)7-12(10)8-13/h1-4,6,8,10,16H,5,7,9H2. The summed E-state index contributed by atoms with van der Waals surface area (Å²) in [4.78, 5) is 12.1. The molecule has 2 aliphatic carbocycles. The maximum atomic E-state index is 12.1. The Morgan fingerprint density at radius 1 is 1.24 bits per heavy atom. The van der Waals surface area contributed by atoms with E-state index in [4.69, 9.17) is 0 Å². The van der Waals surface area contributed by atoms with Crippen LogP contribution < -0.4 is 0 Å². The number of benzene rings is 1. The summed E-state index contributed by atoms with van der Waals surface area (Å²) in [5, 5.41) is 9.55. The maximum absolute atomic E-state index is 12.1. The van der Waals surface area contributed by atoms with Crippen molar-refractivity contribution in [2.75, 3.05) is 0 Å². The zero-order valence-electron chi connectivity index (χ0n) is 9.52. The first-order chi connectivity index (χ1) is 8.24. The Hall–Kier alpha value is -1.83. The molecular formula is C15H14O2. The predicted octanol–water partition coefficient (Wildman–Crippen LogP) is 3.20. The first-order valence-electron chi connectivity index (χ1n) is 5.95. The molecule has 0 saturated heterocycles. The number of aliphatic hydroxyl groups excluding tert-OH is 1. The number of aliphatic hydroxyl groups is 1. The van der Waals surface area contributed by atoms with Crippen LogP contribution in [0.2, 0.25) is 0 Å². The van der Waals surface area contributed by atoms with Crippen molar-refractivity contribution in [3.63, 3.8) is 0 Å². The van der Waals surface area contributed by atoms with Crippen molar-refractivity contribution in [3.8, 4) is 0 Å². The van der Waals surface area contributed by atoms with Gasteiger partial charge in [0.15, 0.2) is 5.78 Å². The van der Waals surface area contributed by atoms with Crippen LogP contribution >= 0.6 is 0 Å². The zero-order chi connectivity index (χ0) is 11.8. The van der Waals surface area contributed by atoms with E-state index in [2.05, 4.69) is 0 Å². The van der Waals surface area contributed by atoms with Crippen molar-refractivity contribution < 1.29 is 9.90 Å². The fraction of sp³-hybridized carbons (Fsp3) is 0.267. The zero-order valence-corrected chi connectivity index (χ0v) is 9.52. The lowest BCUT2D eigenvalue weighted by molar-refractivity contribution is 0.0969. The molecule has 0 saturated carbocycles. The highest BCUT2D eigenvalue weighted by molar-refractivity contribution is 5.98. The van der Waals surface area contributed by atoms with Gasteiger partial charge < -0.3 is 5.11 Å². The molecule has 0 aliphatic heterocycles. The Kier molecular flexibility index (Phi) is 2.36. The highest BCUT2D eigenvalue weighted by Crippen LogP contribution is 2.34. The third kappa shape index (κ3) is 1.80. The average molecular weight is 226 g/mol. The van der Waals surface area contributed by atoms with Crippen molar-refractivity contribution in [1.29, 1.82) is 0 Å². The van der Waals surface area contributed by atoms with Crippen LogP contribution in [0, 0.1) is 5.92 Å². The molecule has 0 amide bonds.